The molecule has 2 atom stereocenters. The molecule has 2 aliphatic rings. The van der Waals surface area contributed by atoms with Crippen LogP contribution in [0.1, 0.15) is 67.4 Å². The lowest BCUT2D eigenvalue weighted by molar-refractivity contribution is 0.0597. The number of carbonyl (C=O) groups excluding carboxylic acids is 1. The fraction of sp³-hybridized carbons (Fsp3) is 0.650. The maximum Gasteiger partial charge on any atom is 0.254 e. The molecule has 0 aromatic heterocycles. The molecule has 3 nitrogen and oxygen atoms in total. The van der Waals surface area contributed by atoms with Gasteiger partial charge in [0, 0.05) is 30.6 Å². The molecule has 1 aromatic rings. The van der Waals surface area contributed by atoms with Crippen molar-refractivity contribution in [3.05, 3.63) is 34.9 Å². The van der Waals surface area contributed by atoms with Crippen LogP contribution in [0, 0.1) is 0 Å². The summed E-state index contributed by atoms with van der Waals surface area (Å²) in [4.78, 5) is 17.6. The van der Waals surface area contributed by atoms with E-state index in [1.54, 1.807) is 0 Å². The van der Waals surface area contributed by atoms with E-state index in [9.17, 15) is 4.79 Å². The Hall–Kier alpha value is -1.35. The number of rotatable bonds is 6. The Bertz CT molecular complexity index is 569. The summed E-state index contributed by atoms with van der Waals surface area (Å²) >= 11 is 0. The second kappa shape index (κ2) is 7.04. The van der Waals surface area contributed by atoms with Gasteiger partial charge in [0.05, 0.1) is 0 Å². The molecule has 0 bridgehead atoms. The molecular weight excluding hydrogens is 284 g/mol. The van der Waals surface area contributed by atoms with Gasteiger partial charge in [-0.25, -0.2) is 0 Å². The largest absolute Gasteiger partial charge is 0.334 e. The Kier molecular flexibility index (Phi) is 5.05. The first-order valence-corrected chi connectivity index (χ1v) is 9.30. The van der Waals surface area contributed by atoms with Crippen LogP contribution in [0.15, 0.2) is 18.2 Å². The molecule has 126 valence electrons. The van der Waals surface area contributed by atoms with E-state index in [0.717, 1.165) is 38.2 Å². The molecule has 3 heteroatoms. The highest BCUT2D eigenvalue weighted by molar-refractivity contribution is 5.97. The zero-order valence-corrected chi connectivity index (χ0v) is 14.8. The number of hydrogen-bond acceptors (Lipinski definition) is 2. The van der Waals surface area contributed by atoms with Gasteiger partial charge in [-0.1, -0.05) is 26.0 Å². The highest BCUT2D eigenvalue weighted by atomic mass is 16.2. The van der Waals surface area contributed by atoms with Crippen molar-refractivity contribution in [1.29, 1.82) is 0 Å². The van der Waals surface area contributed by atoms with Gasteiger partial charge >= 0.3 is 0 Å². The summed E-state index contributed by atoms with van der Waals surface area (Å²) in [6.07, 6.45) is 4.80. The van der Waals surface area contributed by atoms with Gasteiger partial charge in [0.1, 0.15) is 0 Å². The van der Waals surface area contributed by atoms with E-state index in [4.69, 9.17) is 0 Å². The molecule has 0 N–H and O–H groups in total. The van der Waals surface area contributed by atoms with E-state index in [-0.39, 0.29) is 11.9 Å². The number of aryl methyl sites for hydroxylation is 1. The van der Waals surface area contributed by atoms with Crippen molar-refractivity contribution < 1.29 is 4.79 Å². The average Bonchev–Trinajstić information content (AvgIpc) is 2.57. The lowest BCUT2D eigenvalue weighted by Gasteiger charge is -2.42. The van der Waals surface area contributed by atoms with Crippen molar-refractivity contribution >= 4 is 5.91 Å². The molecule has 23 heavy (non-hydrogen) atoms. The minimum Gasteiger partial charge on any atom is -0.334 e. The number of nitrogens with zero attached hydrogens (tertiary/aromatic N) is 2. The molecule has 0 spiro atoms. The molecule has 1 aromatic carbocycles. The van der Waals surface area contributed by atoms with Crippen molar-refractivity contribution in [3.63, 3.8) is 0 Å². The van der Waals surface area contributed by atoms with Crippen molar-refractivity contribution in [2.45, 2.75) is 58.4 Å². The molecule has 1 aliphatic carbocycles. The van der Waals surface area contributed by atoms with Crippen LogP contribution in [0.25, 0.3) is 0 Å². The van der Waals surface area contributed by atoms with Gasteiger partial charge in [-0.15, -0.1) is 0 Å². The quantitative estimate of drug-likeness (QED) is 0.799. The van der Waals surface area contributed by atoms with Crippen LogP contribution in [0.5, 0.6) is 0 Å². The summed E-state index contributed by atoms with van der Waals surface area (Å²) in [5.41, 5.74) is 3.76. The summed E-state index contributed by atoms with van der Waals surface area (Å²) in [6.45, 7) is 10.7. The summed E-state index contributed by atoms with van der Waals surface area (Å²) in [5.74, 6) is 0.802. The fourth-order valence-electron chi connectivity index (χ4n) is 4.39. The monoisotopic (exact) mass is 314 g/mol. The molecule has 1 amide bonds. The molecule has 1 heterocycles. The zero-order chi connectivity index (χ0) is 16.4. The third kappa shape index (κ3) is 3.16. The molecule has 0 saturated heterocycles. The number of hydrogen-bond donors (Lipinski definition) is 0. The maximum absolute atomic E-state index is 13.0. The van der Waals surface area contributed by atoms with Gasteiger partial charge in [0.2, 0.25) is 0 Å². The van der Waals surface area contributed by atoms with E-state index in [0.29, 0.717) is 5.92 Å². The van der Waals surface area contributed by atoms with E-state index in [1.165, 1.54) is 30.4 Å². The topological polar surface area (TPSA) is 23.6 Å². The SMILES string of the molecule is CCCN(CC)CC(C)N1C[C@@H]2CCCc3cccc(c32)C1=O. The van der Waals surface area contributed by atoms with Crippen molar-refractivity contribution in [1.82, 2.24) is 9.80 Å². The molecular formula is C20H30N2O. The average molecular weight is 314 g/mol. The number of carbonyl (C=O) groups is 1. The molecule has 1 aliphatic heterocycles. The van der Waals surface area contributed by atoms with Crippen LogP contribution < -0.4 is 0 Å². The second-order valence-corrected chi connectivity index (χ2v) is 7.17. The molecule has 0 saturated carbocycles. The number of benzene rings is 1. The summed E-state index contributed by atoms with van der Waals surface area (Å²) in [6, 6.07) is 6.62. The van der Waals surface area contributed by atoms with Gasteiger partial charge in [-0.2, -0.15) is 0 Å². The highest BCUT2D eigenvalue weighted by Crippen LogP contribution is 2.39. The molecule has 1 unspecified atom stereocenters. The van der Waals surface area contributed by atoms with Gasteiger partial charge < -0.3 is 9.80 Å². The van der Waals surface area contributed by atoms with Gasteiger partial charge in [-0.05, 0) is 62.9 Å². The van der Waals surface area contributed by atoms with E-state index >= 15 is 0 Å². The first-order valence-electron chi connectivity index (χ1n) is 9.30. The van der Waals surface area contributed by atoms with E-state index in [2.05, 4.69) is 42.7 Å². The number of likely N-dealkylation sites (N-methyl/N-ethyl adjacent to an activating group) is 1. The van der Waals surface area contributed by atoms with Crippen molar-refractivity contribution in [3.8, 4) is 0 Å². The second-order valence-electron chi connectivity index (χ2n) is 7.17. The predicted molar refractivity (Wildman–Crippen MR) is 95.0 cm³/mol. The molecule has 0 radical (unpaired) electrons. The summed E-state index contributed by atoms with van der Waals surface area (Å²) in [7, 11) is 0. The Morgan fingerprint density at radius 3 is 2.91 bits per heavy atom. The molecule has 3 rings (SSSR count). The first-order chi connectivity index (χ1) is 11.2. The minimum absolute atomic E-state index is 0.250. The first kappa shape index (κ1) is 16.5. The van der Waals surface area contributed by atoms with Gasteiger partial charge in [0.15, 0.2) is 0 Å². The predicted octanol–water partition coefficient (Wildman–Crippen LogP) is 3.68. The van der Waals surface area contributed by atoms with Crippen LogP contribution in [0.3, 0.4) is 0 Å². The van der Waals surface area contributed by atoms with Crippen molar-refractivity contribution in [2.75, 3.05) is 26.2 Å². The Labute approximate surface area is 140 Å². The number of amides is 1. The Balaban J connectivity index is 1.81. The molecule has 0 fully saturated rings. The third-order valence-electron chi connectivity index (χ3n) is 5.55. The smallest absolute Gasteiger partial charge is 0.254 e. The third-order valence-corrected chi connectivity index (χ3v) is 5.55. The van der Waals surface area contributed by atoms with Crippen LogP contribution in [-0.2, 0) is 6.42 Å². The Morgan fingerprint density at radius 1 is 1.35 bits per heavy atom. The lowest BCUT2D eigenvalue weighted by Crippen LogP contribution is -2.50. The van der Waals surface area contributed by atoms with Crippen molar-refractivity contribution in [2.24, 2.45) is 0 Å². The van der Waals surface area contributed by atoms with Crippen LogP contribution in [-0.4, -0.2) is 47.9 Å². The normalized spacial score (nSPS) is 21.5. The minimum atomic E-state index is 0.250. The van der Waals surface area contributed by atoms with Crippen LogP contribution in [0.4, 0.5) is 0 Å². The summed E-state index contributed by atoms with van der Waals surface area (Å²) in [5, 5.41) is 0. The Morgan fingerprint density at radius 2 is 2.17 bits per heavy atom. The van der Waals surface area contributed by atoms with E-state index in [1.807, 2.05) is 6.07 Å². The summed E-state index contributed by atoms with van der Waals surface area (Å²) < 4.78 is 0. The zero-order valence-electron chi connectivity index (χ0n) is 14.8. The lowest BCUT2D eigenvalue weighted by atomic mass is 9.77. The highest BCUT2D eigenvalue weighted by Gasteiger charge is 2.36. The fourth-order valence-corrected chi connectivity index (χ4v) is 4.39. The maximum atomic E-state index is 13.0. The van der Waals surface area contributed by atoms with Gasteiger partial charge in [-0.3, -0.25) is 4.79 Å². The van der Waals surface area contributed by atoms with Gasteiger partial charge in [0.25, 0.3) is 5.91 Å². The van der Waals surface area contributed by atoms with Crippen LogP contribution in [0.2, 0.25) is 0 Å². The standard InChI is InChI=1S/C20H30N2O/c1-4-12-21(5-2)13-15(3)22-14-17-10-6-8-16-9-7-11-18(19(16)17)20(22)23/h7,9,11,15,17H,4-6,8,10,12-14H2,1-3H3/t15?,17-/m0/s1. The van der Waals surface area contributed by atoms with E-state index < -0.39 is 0 Å². The van der Waals surface area contributed by atoms with Crippen LogP contribution >= 0.6 is 0 Å².